The lowest BCUT2D eigenvalue weighted by atomic mass is 10.8. The predicted octanol–water partition coefficient (Wildman–Crippen LogP) is 0.0306. The summed E-state index contributed by atoms with van der Waals surface area (Å²) >= 11 is 0. The number of hydrogen-bond donors (Lipinski definition) is 0. The van der Waals surface area contributed by atoms with E-state index in [-0.39, 0.29) is 0 Å². The van der Waals surface area contributed by atoms with Gasteiger partial charge in [-0.15, -0.1) is 5.26 Å². The van der Waals surface area contributed by atoms with Crippen molar-refractivity contribution in [3.8, 4) is 6.26 Å². The fourth-order valence-electron chi connectivity index (χ4n) is 0.0643. The molecule has 0 unspecified atom stereocenters. The first-order chi connectivity index (χ1) is 2.77. The fourth-order valence-corrected chi connectivity index (χ4v) is 0.0643. The number of ether oxygens (including phenoxy) is 1. The maximum Gasteiger partial charge on any atom is 0.318 e. The van der Waals surface area contributed by atoms with Crippen LogP contribution in [-0.2, 0) is 9.53 Å². The van der Waals surface area contributed by atoms with Crippen molar-refractivity contribution in [3.63, 3.8) is 0 Å². The number of hydrogen-bond acceptors (Lipinski definition) is 3. The van der Waals surface area contributed by atoms with Crippen LogP contribution in [-0.4, -0.2) is 5.97 Å². The largest absolute Gasteiger partial charge is 0.351 e. The van der Waals surface area contributed by atoms with E-state index in [1.807, 2.05) is 0 Å². The highest BCUT2D eigenvalue weighted by Crippen LogP contribution is 1.65. The van der Waals surface area contributed by atoms with Gasteiger partial charge in [-0.3, -0.25) is 4.79 Å². The summed E-state index contributed by atoms with van der Waals surface area (Å²) in [5, 5.41) is 7.54. The highest BCUT2D eigenvalue weighted by atomic mass is 16.5. The zero-order valence-electron chi connectivity index (χ0n) is 3.26. The number of carbonyl (C=O) groups is 1. The van der Waals surface area contributed by atoms with Gasteiger partial charge in [0.2, 0.25) is 0 Å². The van der Waals surface area contributed by atoms with Crippen molar-refractivity contribution in [2.75, 3.05) is 0 Å². The van der Waals surface area contributed by atoms with Crippen molar-refractivity contribution in [2.45, 2.75) is 6.92 Å². The molecule has 6 heavy (non-hydrogen) atoms. The Hall–Kier alpha value is -1.04. The first-order valence-corrected chi connectivity index (χ1v) is 1.34. The minimum atomic E-state index is -0.572. The third kappa shape index (κ3) is 2.96. The van der Waals surface area contributed by atoms with Gasteiger partial charge in [0.05, 0.1) is 0 Å². The summed E-state index contributed by atoms with van der Waals surface area (Å²) in [5.41, 5.74) is 0. The molecule has 0 rings (SSSR count). The van der Waals surface area contributed by atoms with Crippen LogP contribution in [0.2, 0.25) is 0 Å². The molecule has 0 aliphatic heterocycles. The van der Waals surface area contributed by atoms with Crippen molar-refractivity contribution in [1.29, 1.82) is 5.26 Å². The molecule has 0 aliphatic carbocycles. The summed E-state index contributed by atoms with van der Waals surface area (Å²) in [6.07, 6.45) is 1.22. The zero-order valence-corrected chi connectivity index (χ0v) is 3.26. The maximum absolute atomic E-state index is 9.60. The summed E-state index contributed by atoms with van der Waals surface area (Å²) < 4.78 is 3.71. The van der Waals surface area contributed by atoms with Gasteiger partial charge >= 0.3 is 5.97 Å². The van der Waals surface area contributed by atoms with E-state index in [0.29, 0.717) is 0 Å². The highest BCUT2D eigenvalue weighted by molar-refractivity contribution is 5.66. The first kappa shape index (κ1) is 4.96. The quantitative estimate of drug-likeness (QED) is 0.308. The van der Waals surface area contributed by atoms with Gasteiger partial charge in [0, 0.05) is 6.92 Å². The van der Waals surface area contributed by atoms with Crippen molar-refractivity contribution >= 4 is 5.97 Å². The number of nitrogens with zero attached hydrogens (tertiary/aromatic N) is 1. The van der Waals surface area contributed by atoms with E-state index in [1.165, 1.54) is 13.2 Å². The molecule has 0 N–H and O–H groups in total. The SMILES string of the molecule is CC(=O)OC#N. The van der Waals surface area contributed by atoms with Crippen molar-refractivity contribution < 1.29 is 9.53 Å². The molecular formula is C3H3NO2. The van der Waals surface area contributed by atoms with Crippen LogP contribution < -0.4 is 0 Å². The average Bonchev–Trinajstić information content (AvgIpc) is 1.35. The molecule has 32 valence electrons. The first-order valence-electron chi connectivity index (χ1n) is 1.34. The van der Waals surface area contributed by atoms with Crippen LogP contribution in [0.4, 0.5) is 0 Å². The monoisotopic (exact) mass is 85.0 g/mol. The second kappa shape index (κ2) is 2.21. The van der Waals surface area contributed by atoms with Crippen LogP contribution in [0.15, 0.2) is 0 Å². The van der Waals surface area contributed by atoms with Gasteiger partial charge in [-0.05, 0) is 0 Å². The molecule has 0 radical (unpaired) electrons. The zero-order chi connectivity index (χ0) is 4.99. The van der Waals surface area contributed by atoms with Crippen LogP contribution in [0.5, 0.6) is 0 Å². The lowest BCUT2D eigenvalue weighted by molar-refractivity contribution is -0.134. The summed E-state index contributed by atoms with van der Waals surface area (Å²) in [7, 11) is 0. The summed E-state index contributed by atoms with van der Waals surface area (Å²) in [5.74, 6) is -0.572. The minimum absolute atomic E-state index is 0.572. The van der Waals surface area contributed by atoms with Crippen molar-refractivity contribution in [1.82, 2.24) is 0 Å². The van der Waals surface area contributed by atoms with E-state index in [4.69, 9.17) is 5.26 Å². The average molecular weight is 85.1 g/mol. The molecule has 0 atom stereocenters. The van der Waals surface area contributed by atoms with Crippen LogP contribution >= 0.6 is 0 Å². The van der Waals surface area contributed by atoms with Crippen molar-refractivity contribution in [3.05, 3.63) is 0 Å². The van der Waals surface area contributed by atoms with Gasteiger partial charge < -0.3 is 4.74 Å². The Morgan fingerprint density at radius 2 is 2.50 bits per heavy atom. The third-order valence-electron chi connectivity index (χ3n) is 0.189. The molecule has 3 heteroatoms. The van der Waals surface area contributed by atoms with Crippen LogP contribution in [0, 0.1) is 11.5 Å². The Kier molecular flexibility index (Phi) is 1.83. The van der Waals surface area contributed by atoms with Gasteiger partial charge in [-0.1, -0.05) is 0 Å². The number of rotatable bonds is 0. The highest BCUT2D eigenvalue weighted by Gasteiger charge is 1.82. The molecule has 0 spiro atoms. The molecule has 0 aromatic rings. The Morgan fingerprint density at radius 3 is 2.50 bits per heavy atom. The standard InChI is InChI=1S/C3H3NO2/c1-3(5)6-2-4/h1H3. The van der Waals surface area contributed by atoms with E-state index in [0.717, 1.165) is 0 Å². The second-order valence-electron chi connectivity index (χ2n) is 0.685. The van der Waals surface area contributed by atoms with Gasteiger partial charge in [-0.25, -0.2) is 0 Å². The van der Waals surface area contributed by atoms with Gasteiger partial charge in [-0.2, -0.15) is 0 Å². The van der Waals surface area contributed by atoms with Crippen molar-refractivity contribution in [2.24, 2.45) is 0 Å². The molecule has 3 nitrogen and oxygen atoms in total. The summed E-state index contributed by atoms with van der Waals surface area (Å²) in [6.45, 7) is 1.17. The Morgan fingerprint density at radius 1 is 2.00 bits per heavy atom. The van der Waals surface area contributed by atoms with Crippen LogP contribution in [0.3, 0.4) is 0 Å². The molecule has 0 saturated carbocycles. The molecule has 0 heterocycles. The molecule has 0 aromatic heterocycles. The molecule has 0 aromatic carbocycles. The summed E-state index contributed by atoms with van der Waals surface area (Å²) in [6, 6.07) is 0. The maximum atomic E-state index is 9.60. The van der Waals surface area contributed by atoms with Crippen LogP contribution in [0.1, 0.15) is 6.92 Å². The Labute approximate surface area is 35.1 Å². The normalized spacial score (nSPS) is 6.00. The van der Waals surface area contributed by atoms with E-state index in [1.54, 1.807) is 0 Å². The number of carbonyl (C=O) groups excluding carboxylic acids is 1. The second-order valence-corrected chi connectivity index (χ2v) is 0.685. The molecule has 0 saturated heterocycles. The van der Waals surface area contributed by atoms with Gasteiger partial charge in [0.25, 0.3) is 6.26 Å². The molecule has 0 aliphatic rings. The van der Waals surface area contributed by atoms with E-state index < -0.39 is 5.97 Å². The van der Waals surface area contributed by atoms with Gasteiger partial charge in [0.1, 0.15) is 0 Å². The smallest absolute Gasteiger partial charge is 0.318 e. The number of nitriles is 1. The van der Waals surface area contributed by atoms with E-state index in [2.05, 4.69) is 4.74 Å². The fraction of sp³-hybridized carbons (Fsp3) is 0.333. The lowest BCUT2D eigenvalue weighted by Gasteiger charge is -1.75. The Bertz CT molecular complexity index is 91.5. The molecule has 0 amide bonds. The third-order valence-corrected chi connectivity index (χ3v) is 0.189. The lowest BCUT2D eigenvalue weighted by Crippen LogP contribution is -1.88. The Balaban J connectivity index is 3.13. The van der Waals surface area contributed by atoms with Crippen LogP contribution in [0.25, 0.3) is 0 Å². The topological polar surface area (TPSA) is 50.1 Å². The van der Waals surface area contributed by atoms with E-state index >= 15 is 0 Å². The molecular weight excluding hydrogens is 82.0 g/mol. The molecule has 0 fully saturated rings. The van der Waals surface area contributed by atoms with E-state index in [9.17, 15) is 4.79 Å². The molecule has 0 bridgehead atoms. The predicted molar refractivity (Wildman–Crippen MR) is 17.4 cm³/mol. The minimum Gasteiger partial charge on any atom is -0.351 e. The summed E-state index contributed by atoms with van der Waals surface area (Å²) in [4.78, 5) is 9.60. The number of esters is 1. The van der Waals surface area contributed by atoms with Gasteiger partial charge in [0.15, 0.2) is 0 Å².